The predicted molar refractivity (Wildman–Crippen MR) is 51.4 cm³/mol. The molecule has 0 aliphatic heterocycles. The maximum atomic E-state index is 2.60. The van der Waals surface area contributed by atoms with E-state index in [4.69, 9.17) is 0 Å². The van der Waals surface area contributed by atoms with E-state index >= 15 is 0 Å². The summed E-state index contributed by atoms with van der Waals surface area (Å²) in [6.45, 7) is 4.44. The topological polar surface area (TPSA) is 0 Å². The van der Waals surface area contributed by atoms with Crippen LogP contribution in [-0.4, -0.2) is 16.0 Å². The summed E-state index contributed by atoms with van der Waals surface area (Å²) in [6, 6.07) is 8.84. The van der Waals surface area contributed by atoms with Gasteiger partial charge < -0.3 is 0 Å². The van der Waals surface area contributed by atoms with Gasteiger partial charge in [0.15, 0.2) is 0 Å². The first-order chi connectivity index (χ1) is 5.24. The third-order valence-corrected chi connectivity index (χ3v) is 2.60. The molecule has 11 heavy (non-hydrogen) atoms. The molecular formula is C10H14Se. The Balaban J connectivity index is 2.83. The molecule has 0 amide bonds. The first-order valence-corrected chi connectivity index (χ1v) is 5.26. The summed E-state index contributed by atoms with van der Waals surface area (Å²) in [4.78, 5) is 0. The summed E-state index contributed by atoms with van der Waals surface area (Å²) < 4.78 is 0. The van der Waals surface area contributed by atoms with Crippen LogP contribution in [0.4, 0.5) is 0 Å². The molecule has 0 atom stereocenters. The van der Waals surface area contributed by atoms with Gasteiger partial charge in [0.1, 0.15) is 0 Å². The van der Waals surface area contributed by atoms with Gasteiger partial charge in [0.2, 0.25) is 0 Å². The molecule has 0 fully saturated rings. The van der Waals surface area contributed by atoms with Crippen LogP contribution in [0, 0.1) is 0 Å². The Bertz CT molecular complexity index is 211. The fourth-order valence-electron chi connectivity index (χ4n) is 1.01. The number of benzene rings is 1. The second-order valence-corrected chi connectivity index (χ2v) is 3.72. The van der Waals surface area contributed by atoms with Crippen molar-refractivity contribution in [2.24, 2.45) is 0 Å². The van der Waals surface area contributed by atoms with E-state index in [0.29, 0.717) is 5.92 Å². The number of rotatable bonds is 2. The third kappa shape index (κ3) is 2.35. The summed E-state index contributed by atoms with van der Waals surface area (Å²) in [5, 5.41) is 1.07. The standard InChI is InChI=1S/C10H14Se/c1-8(2)10-5-3-9(7-11)4-6-10/h3-6,8,11H,7H2,1-2H3. The molecule has 0 saturated heterocycles. The summed E-state index contributed by atoms with van der Waals surface area (Å²) in [7, 11) is 0. The zero-order chi connectivity index (χ0) is 8.27. The molecule has 0 radical (unpaired) electrons. The Morgan fingerprint density at radius 2 is 1.73 bits per heavy atom. The quantitative estimate of drug-likeness (QED) is 0.661. The molecule has 0 N–H and O–H groups in total. The van der Waals surface area contributed by atoms with Gasteiger partial charge in [-0.05, 0) is 0 Å². The van der Waals surface area contributed by atoms with Gasteiger partial charge in [-0.15, -0.1) is 0 Å². The molecule has 0 aromatic heterocycles. The fraction of sp³-hybridized carbons (Fsp3) is 0.400. The Morgan fingerprint density at radius 1 is 1.18 bits per heavy atom. The maximum absolute atomic E-state index is 2.60. The van der Waals surface area contributed by atoms with E-state index in [1.165, 1.54) is 11.1 Å². The van der Waals surface area contributed by atoms with Gasteiger partial charge in [-0.1, -0.05) is 0 Å². The van der Waals surface area contributed by atoms with Gasteiger partial charge in [0.05, 0.1) is 0 Å². The van der Waals surface area contributed by atoms with Crippen LogP contribution in [0.1, 0.15) is 30.9 Å². The van der Waals surface area contributed by atoms with Gasteiger partial charge in [-0.3, -0.25) is 0 Å². The van der Waals surface area contributed by atoms with E-state index < -0.39 is 0 Å². The van der Waals surface area contributed by atoms with Crippen molar-refractivity contribution >= 4 is 16.0 Å². The minimum atomic E-state index is 0.649. The first-order valence-electron chi connectivity index (χ1n) is 3.93. The first kappa shape index (κ1) is 8.83. The number of hydrogen-bond acceptors (Lipinski definition) is 0. The van der Waals surface area contributed by atoms with Crippen molar-refractivity contribution in [2.45, 2.75) is 25.1 Å². The monoisotopic (exact) mass is 214 g/mol. The van der Waals surface area contributed by atoms with E-state index in [-0.39, 0.29) is 0 Å². The van der Waals surface area contributed by atoms with E-state index in [1.807, 2.05) is 0 Å². The average Bonchev–Trinajstić information content (AvgIpc) is 2.05. The molecule has 0 bridgehead atoms. The van der Waals surface area contributed by atoms with Crippen LogP contribution < -0.4 is 0 Å². The minimum absolute atomic E-state index is 0.649. The van der Waals surface area contributed by atoms with Crippen LogP contribution in [0.5, 0.6) is 0 Å². The average molecular weight is 213 g/mol. The summed E-state index contributed by atoms with van der Waals surface area (Å²) in [6.07, 6.45) is 0. The van der Waals surface area contributed by atoms with Crippen LogP contribution in [0.25, 0.3) is 0 Å². The second-order valence-electron chi connectivity index (χ2n) is 3.05. The van der Waals surface area contributed by atoms with Gasteiger partial charge in [0, 0.05) is 0 Å². The van der Waals surface area contributed by atoms with Gasteiger partial charge in [-0.25, -0.2) is 0 Å². The molecule has 1 rings (SSSR count). The molecule has 60 valence electrons. The van der Waals surface area contributed by atoms with E-state index in [0.717, 1.165) is 5.32 Å². The molecule has 1 aromatic carbocycles. The Hall–Kier alpha value is -0.261. The molecular weight excluding hydrogens is 199 g/mol. The molecule has 0 saturated carbocycles. The molecule has 0 aliphatic carbocycles. The van der Waals surface area contributed by atoms with Crippen LogP contribution in [-0.2, 0) is 5.32 Å². The zero-order valence-corrected chi connectivity index (χ0v) is 8.92. The Labute approximate surface area is 76.8 Å². The number of hydrogen-bond donors (Lipinski definition) is 0. The summed E-state index contributed by atoms with van der Waals surface area (Å²) >= 11 is 2.60. The summed E-state index contributed by atoms with van der Waals surface area (Å²) in [5.74, 6) is 0.649. The van der Waals surface area contributed by atoms with Crippen molar-refractivity contribution < 1.29 is 0 Å². The van der Waals surface area contributed by atoms with E-state index in [2.05, 4.69) is 54.1 Å². The van der Waals surface area contributed by atoms with Crippen molar-refractivity contribution in [2.75, 3.05) is 0 Å². The summed E-state index contributed by atoms with van der Waals surface area (Å²) in [5.41, 5.74) is 2.82. The van der Waals surface area contributed by atoms with Crippen LogP contribution in [0.3, 0.4) is 0 Å². The van der Waals surface area contributed by atoms with E-state index in [1.54, 1.807) is 0 Å². The molecule has 1 heteroatoms. The Kier molecular flexibility index (Phi) is 3.16. The van der Waals surface area contributed by atoms with Crippen LogP contribution in [0.2, 0.25) is 0 Å². The molecule has 0 heterocycles. The third-order valence-electron chi connectivity index (χ3n) is 1.83. The van der Waals surface area contributed by atoms with E-state index in [9.17, 15) is 0 Å². The molecule has 0 unspecified atom stereocenters. The predicted octanol–water partition coefficient (Wildman–Crippen LogP) is 2.21. The molecule has 0 aliphatic rings. The second kappa shape index (κ2) is 3.94. The van der Waals surface area contributed by atoms with Crippen LogP contribution >= 0.6 is 0 Å². The van der Waals surface area contributed by atoms with Gasteiger partial charge in [0.25, 0.3) is 0 Å². The van der Waals surface area contributed by atoms with Crippen molar-refractivity contribution in [1.29, 1.82) is 0 Å². The van der Waals surface area contributed by atoms with Crippen molar-refractivity contribution in [3.8, 4) is 0 Å². The van der Waals surface area contributed by atoms with Crippen molar-refractivity contribution in [3.05, 3.63) is 35.4 Å². The van der Waals surface area contributed by atoms with Crippen molar-refractivity contribution in [1.82, 2.24) is 0 Å². The zero-order valence-electron chi connectivity index (χ0n) is 7.04. The van der Waals surface area contributed by atoms with Crippen molar-refractivity contribution in [3.63, 3.8) is 0 Å². The van der Waals surface area contributed by atoms with Gasteiger partial charge in [-0.2, -0.15) is 0 Å². The normalized spacial score (nSPS) is 10.5. The molecule has 0 spiro atoms. The molecule has 1 aromatic rings. The SMILES string of the molecule is CC(C)c1ccc(C[SeH])cc1. The van der Waals surface area contributed by atoms with Crippen LogP contribution in [0.15, 0.2) is 24.3 Å². The molecule has 0 nitrogen and oxygen atoms in total. The fourth-order valence-corrected chi connectivity index (χ4v) is 1.45. The Morgan fingerprint density at radius 3 is 2.09 bits per heavy atom. The van der Waals surface area contributed by atoms with Gasteiger partial charge >= 0.3 is 76.5 Å².